The first-order chi connectivity index (χ1) is 12.4. The Morgan fingerprint density at radius 3 is 2.38 bits per heavy atom. The lowest BCUT2D eigenvalue weighted by Gasteiger charge is -2.17. The number of sulfonamides is 1. The largest absolute Gasteiger partial charge is 0.494 e. The smallest absolute Gasteiger partial charge is 0.232 e. The molecule has 26 heavy (non-hydrogen) atoms. The summed E-state index contributed by atoms with van der Waals surface area (Å²) in [5.74, 6) is -0.0835. The molecule has 0 saturated heterocycles. The third-order valence-electron chi connectivity index (χ3n) is 4.04. The van der Waals surface area contributed by atoms with Gasteiger partial charge in [-0.25, -0.2) is 8.42 Å². The Morgan fingerprint density at radius 1 is 1.12 bits per heavy atom. The Kier molecular flexibility index (Phi) is 6.63. The van der Waals surface area contributed by atoms with E-state index in [2.05, 4.69) is 10.0 Å². The van der Waals surface area contributed by atoms with Gasteiger partial charge in [-0.15, -0.1) is 0 Å². The zero-order valence-corrected chi connectivity index (χ0v) is 16.0. The van der Waals surface area contributed by atoms with E-state index < -0.39 is 10.0 Å². The van der Waals surface area contributed by atoms with Gasteiger partial charge in [-0.1, -0.05) is 37.3 Å². The molecule has 0 aliphatic rings. The summed E-state index contributed by atoms with van der Waals surface area (Å²) in [7, 11) is -1.96. The zero-order valence-electron chi connectivity index (χ0n) is 15.2. The van der Waals surface area contributed by atoms with Crippen molar-refractivity contribution in [2.75, 3.05) is 22.9 Å². The average molecular weight is 376 g/mol. The van der Waals surface area contributed by atoms with Crippen LogP contribution in [0.15, 0.2) is 48.5 Å². The van der Waals surface area contributed by atoms with E-state index in [4.69, 9.17) is 4.74 Å². The van der Waals surface area contributed by atoms with Crippen LogP contribution in [0.3, 0.4) is 0 Å². The van der Waals surface area contributed by atoms with E-state index in [1.54, 1.807) is 25.1 Å². The van der Waals surface area contributed by atoms with Crippen molar-refractivity contribution in [3.63, 3.8) is 0 Å². The van der Waals surface area contributed by atoms with Gasteiger partial charge in [0.25, 0.3) is 0 Å². The average Bonchev–Trinajstić information content (AvgIpc) is 2.64. The van der Waals surface area contributed by atoms with Crippen LogP contribution in [0.2, 0.25) is 0 Å². The van der Waals surface area contributed by atoms with Crippen molar-refractivity contribution in [3.05, 3.63) is 54.1 Å². The molecular formula is C19H24N2O4S. The second-order valence-electron chi connectivity index (χ2n) is 5.78. The first-order valence-corrected chi connectivity index (χ1v) is 10.1. The predicted molar refractivity (Wildman–Crippen MR) is 104 cm³/mol. The van der Waals surface area contributed by atoms with Crippen LogP contribution in [-0.4, -0.2) is 27.2 Å². The van der Waals surface area contributed by atoms with Crippen LogP contribution in [0.5, 0.6) is 5.75 Å². The lowest BCUT2D eigenvalue weighted by molar-refractivity contribution is -0.117. The fourth-order valence-corrected chi connectivity index (χ4v) is 3.23. The van der Waals surface area contributed by atoms with Gasteiger partial charge in [-0.3, -0.25) is 9.52 Å². The van der Waals surface area contributed by atoms with Crippen LogP contribution in [-0.2, 0) is 14.8 Å². The molecule has 2 aromatic rings. The summed E-state index contributed by atoms with van der Waals surface area (Å²) < 4.78 is 31.2. The highest BCUT2D eigenvalue weighted by molar-refractivity contribution is 7.92. The summed E-state index contributed by atoms with van der Waals surface area (Å²) in [4.78, 5) is 12.6. The van der Waals surface area contributed by atoms with Crippen molar-refractivity contribution >= 4 is 27.3 Å². The Bertz CT molecular complexity index is 851. The first-order valence-electron chi connectivity index (χ1n) is 8.44. The Balaban J connectivity index is 2.20. The zero-order chi connectivity index (χ0) is 19.2. The Hall–Kier alpha value is -2.54. The summed E-state index contributed by atoms with van der Waals surface area (Å²) in [6.45, 7) is 3.51. The normalized spacial score (nSPS) is 12.3. The third-order valence-corrected chi connectivity index (χ3v) is 5.33. The maximum atomic E-state index is 12.6. The van der Waals surface area contributed by atoms with Crippen molar-refractivity contribution < 1.29 is 17.9 Å². The molecule has 7 heteroatoms. The van der Waals surface area contributed by atoms with Crippen LogP contribution < -0.4 is 14.8 Å². The van der Waals surface area contributed by atoms with Gasteiger partial charge in [0.1, 0.15) is 5.75 Å². The lowest BCUT2D eigenvalue weighted by Crippen LogP contribution is -2.21. The number of nitrogens with one attached hydrogen (secondary N) is 2. The van der Waals surface area contributed by atoms with Crippen molar-refractivity contribution in [1.29, 1.82) is 0 Å². The summed E-state index contributed by atoms with van der Waals surface area (Å²) in [6, 6.07) is 14.4. The van der Waals surface area contributed by atoms with Gasteiger partial charge in [0.05, 0.1) is 24.5 Å². The number of methoxy groups -OCH3 is 1. The number of amides is 1. The van der Waals surface area contributed by atoms with E-state index in [-0.39, 0.29) is 17.6 Å². The van der Waals surface area contributed by atoms with Crippen molar-refractivity contribution in [3.8, 4) is 5.75 Å². The standard InChI is InChI=1S/C19H24N2O4S/c1-4-16(14-9-7-6-8-10-14)19(22)20-15-11-12-17(18(13-15)25-3)21-26(23,24)5-2/h6-13,16,21H,4-5H2,1-3H3,(H,20,22). The molecule has 140 valence electrons. The highest BCUT2D eigenvalue weighted by Gasteiger charge is 2.19. The lowest BCUT2D eigenvalue weighted by atomic mass is 9.95. The fourth-order valence-electron chi connectivity index (χ4n) is 2.58. The molecule has 6 nitrogen and oxygen atoms in total. The number of hydrogen-bond donors (Lipinski definition) is 2. The van der Waals surface area contributed by atoms with E-state index in [1.807, 2.05) is 37.3 Å². The minimum atomic E-state index is -3.41. The third kappa shape index (κ3) is 4.98. The molecule has 0 aliphatic heterocycles. The van der Waals surface area contributed by atoms with Crippen LogP contribution in [0.1, 0.15) is 31.7 Å². The van der Waals surface area contributed by atoms with Gasteiger partial charge in [0.2, 0.25) is 15.9 Å². The molecule has 0 fully saturated rings. The first kappa shape index (κ1) is 19.8. The molecule has 1 unspecified atom stereocenters. The number of carbonyl (C=O) groups excluding carboxylic acids is 1. The number of benzene rings is 2. The molecule has 0 aliphatic carbocycles. The number of hydrogen-bond acceptors (Lipinski definition) is 4. The van der Waals surface area contributed by atoms with Crippen LogP contribution >= 0.6 is 0 Å². The second kappa shape index (κ2) is 8.71. The molecule has 0 bridgehead atoms. The van der Waals surface area contributed by atoms with Crippen LogP contribution in [0, 0.1) is 0 Å². The van der Waals surface area contributed by atoms with Gasteiger partial charge in [0.15, 0.2) is 0 Å². The monoisotopic (exact) mass is 376 g/mol. The van der Waals surface area contributed by atoms with Crippen LogP contribution in [0.4, 0.5) is 11.4 Å². The number of anilines is 2. The summed E-state index contributed by atoms with van der Waals surface area (Å²) in [6.07, 6.45) is 0.668. The van der Waals surface area contributed by atoms with Crippen molar-refractivity contribution in [1.82, 2.24) is 0 Å². The molecule has 2 rings (SSSR count). The van der Waals surface area contributed by atoms with Gasteiger partial charge in [-0.05, 0) is 31.0 Å². The number of ether oxygens (including phenoxy) is 1. The van der Waals surface area contributed by atoms with Crippen LogP contribution in [0.25, 0.3) is 0 Å². The van der Waals surface area contributed by atoms with Gasteiger partial charge in [0, 0.05) is 11.8 Å². The van der Waals surface area contributed by atoms with E-state index in [9.17, 15) is 13.2 Å². The van der Waals surface area contributed by atoms with Gasteiger partial charge in [-0.2, -0.15) is 0 Å². The molecular weight excluding hydrogens is 352 g/mol. The van der Waals surface area contributed by atoms with E-state index in [0.29, 0.717) is 23.5 Å². The number of rotatable bonds is 8. The van der Waals surface area contributed by atoms with Gasteiger partial charge < -0.3 is 10.1 Å². The minimum Gasteiger partial charge on any atom is -0.494 e. The molecule has 0 spiro atoms. The quantitative estimate of drug-likeness (QED) is 0.737. The van der Waals surface area contributed by atoms with Gasteiger partial charge >= 0.3 is 0 Å². The molecule has 0 radical (unpaired) electrons. The predicted octanol–water partition coefficient (Wildman–Crippen LogP) is 3.59. The summed E-state index contributed by atoms with van der Waals surface area (Å²) in [5, 5.41) is 2.87. The molecule has 0 heterocycles. The van der Waals surface area contributed by atoms with Crippen molar-refractivity contribution in [2.45, 2.75) is 26.2 Å². The molecule has 0 saturated carbocycles. The SMILES string of the molecule is CCC(C(=O)Nc1ccc(NS(=O)(=O)CC)c(OC)c1)c1ccccc1. The maximum absolute atomic E-state index is 12.6. The Labute approximate surface area is 154 Å². The topological polar surface area (TPSA) is 84.5 Å². The molecule has 2 N–H and O–H groups in total. The minimum absolute atomic E-state index is 0.0378. The fraction of sp³-hybridized carbons (Fsp3) is 0.316. The van der Waals surface area contributed by atoms with E-state index in [1.165, 1.54) is 7.11 Å². The number of carbonyl (C=O) groups is 1. The highest BCUT2D eigenvalue weighted by atomic mass is 32.2. The second-order valence-corrected chi connectivity index (χ2v) is 7.79. The Morgan fingerprint density at radius 2 is 1.81 bits per heavy atom. The molecule has 1 amide bonds. The van der Waals surface area contributed by atoms with E-state index in [0.717, 1.165) is 5.56 Å². The summed E-state index contributed by atoms with van der Waals surface area (Å²) >= 11 is 0. The van der Waals surface area contributed by atoms with Crippen molar-refractivity contribution in [2.24, 2.45) is 0 Å². The van der Waals surface area contributed by atoms with E-state index >= 15 is 0 Å². The summed E-state index contributed by atoms with van der Waals surface area (Å²) in [5.41, 5.74) is 1.83. The molecule has 1 atom stereocenters. The highest BCUT2D eigenvalue weighted by Crippen LogP contribution is 2.30. The molecule has 2 aromatic carbocycles. The molecule has 0 aromatic heterocycles. The maximum Gasteiger partial charge on any atom is 0.232 e.